The number of nitrogens with one attached hydrogen (secondary N) is 1. The topological polar surface area (TPSA) is 55.4 Å². The number of hydrogen-bond donors (Lipinski definition) is 1. The molecule has 0 spiro atoms. The molecule has 1 aliphatic rings. The monoisotopic (exact) mass is 365 g/mol. The summed E-state index contributed by atoms with van der Waals surface area (Å²) in [5.74, 6) is -2.50. The fourth-order valence-corrected chi connectivity index (χ4v) is 3.99. The van der Waals surface area contributed by atoms with E-state index in [1.807, 2.05) is 6.07 Å². The van der Waals surface area contributed by atoms with Crippen molar-refractivity contribution in [2.24, 2.45) is 0 Å². The molecule has 1 heterocycles. The predicted molar refractivity (Wildman–Crippen MR) is 89.5 cm³/mol. The van der Waals surface area contributed by atoms with Crippen molar-refractivity contribution in [3.05, 3.63) is 56.8 Å². The molecule has 7 heteroatoms. The Kier molecular flexibility index (Phi) is 5.13. The number of ether oxygens (including phenoxy) is 1. The molecule has 0 bridgehead atoms. The third kappa shape index (κ3) is 4.04. The van der Waals surface area contributed by atoms with E-state index in [0.717, 1.165) is 31.4 Å². The van der Waals surface area contributed by atoms with Crippen molar-refractivity contribution in [1.82, 2.24) is 5.32 Å². The van der Waals surface area contributed by atoms with Gasteiger partial charge in [0.05, 0.1) is 6.04 Å². The maximum Gasteiger partial charge on any atom is 0.348 e. The first-order chi connectivity index (χ1) is 11.9. The lowest BCUT2D eigenvalue weighted by atomic mass is 10.1. The second kappa shape index (κ2) is 7.31. The second-order valence-corrected chi connectivity index (χ2v) is 7.08. The average molecular weight is 365 g/mol. The molecule has 25 heavy (non-hydrogen) atoms. The van der Waals surface area contributed by atoms with Crippen molar-refractivity contribution in [1.29, 1.82) is 0 Å². The van der Waals surface area contributed by atoms with E-state index in [1.54, 1.807) is 6.92 Å². The fourth-order valence-electron chi connectivity index (χ4n) is 2.85. The van der Waals surface area contributed by atoms with Crippen molar-refractivity contribution in [2.45, 2.75) is 32.2 Å². The van der Waals surface area contributed by atoms with E-state index in [4.69, 9.17) is 4.74 Å². The number of esters is 1. The molecule has 1 atom stereocenters. The number of carbonyl (C=O) groups is 2. The standard InChI is InChI=1S/C18H17F2NO3S/c1-10(13-6-5-12(19)8-14(13)20)21-17(22)9-24-18(23)16-7-11-3-2-4-15(11)25-16/h5-8,10H,2-4,9H2,1H3,(H,21,22)/t10-/m0/s1. The summed E-state index contributed by atoms with van der Waals surface area (Å²) in [5.41, 5.74) is 1.34. The molecule has 1 amide bonds. The van der Waals surface area contributed by atoms with Crippen molar-refractivity contribution in [3.8, 4) is 0 Å². The number of rotatable bonds is 5. The van der Waals surface area contributed by atoms with Crippen LogP contribution in [0.25, 0.3) is 0 Å². The summed E-state index contributed by atoms with van der Waals surface area (Å²) < 4.78 is 31.6. The smallest absolute Gasteiger partial charge is 0.348 e. The van der Waals surface area contributed by atoms with Crippen LogP contribution in [0.3, 0.4) is 0 Å². The normalized spacial score (nSPS) is 14.0. The molecule has 1 N–H and O–H groups in total. The van der Waals surface area contributed by atoms with Gasteiger partial charge in [0, 0.05) is 16.5 Å². The van der Waals surface area contributed by atoms with Gasteiger partial charge in [-0.05, 0) is 43.9 Å². The van der Waals surface area contributed by atoms with E-state index in [2.05, 4.69) is 5.32 Å². The van der Waals surface area contributed by atoms with Crippen molar-refractivity contribution >= 4 is 23.2 Å². The highest BCUT2D eigenvalue weighted by molar-refractivity contribution is 7.14. The predicted octanol–water partition coefficient (Wildman–Crippen LogP) is 3.55. The average Bonchev–Trinajstić information content (AvgIpc) is 3.14. The van der Waals surface area contributed by atoms with Gasteiger partial charge in [0.1, 0.15) is 16.5 Å². The first-order valence-electron chi connectivity index (χ1n) is 7.97. The summed E-state index contributed by atoms with van der Waals surface area (Å²) in [6.45, 7) is 1.12. The van der Waals surface area contributed by atoms with Gasteiger partial charge >= 0.3 is 5.97 Å². The first kappa shape index (κ1) is 17.5. The van der Waals surface area contributed by atoms with Gasteiger partial charge in [-0.25, -0.2) is 13.6 Å². The van der Waals surface area contributed by atoms with Crippen molar-refractivity contribution in [2.75, 3.05) is 6.61 Å². The zero-order valence-corrected chi connectivity index (χ0v) is 14.4. The molecule has 2 aromatic rings. The molecule has 1 aromatic heterocycles. The van der Waals surface area contributed by atoms with Crippen LogP contribution in [0.2, 0.25) is 0 Å². The number of carbonyl (C=O) groups excluding carboxylic acids is 2. The molecule has 0 fully saturated rings. The molecular formula is C18H17F2NO3S. The maximum absolute atomic E-state index is 13.7. The van der Waals surface area contributed by atoms with Crippen LogP contribution in [0.4, 0.5) is 8.78 Å². The molecule has 0 unspecified atom stereocenters. The van der Waals surface area contributed by atoms with E-state index in [1.165, 1.54) is 27.8 Å². The summed E-state index contributed by atoms with van der Waals surface area (Å²) >= 11 is 1.40. The first-order valence-corrected chi connectivity index (χ1v) is 8.78. The van der Waals surface area contributed by atoms with Gasteiger partial charge in [-0.2, -0.15) is 0 Å². The molecule has 1 aromatic carbocycles. The van der Waals surface area contributed by atoms with Crippen molar-refractivity contribution < 1.29 is 23.1 Å². The summed E-state index contributed by atoms with van der Waals surface area (Å²) in [7, 11) is 0. The largest absolute Gasteiger partial charge is 0.451 e. The van der Waals surface area contributed by atoms with Gasteiger partial charge in [0.15, 0.2) is 6.61 Å². The minimum atomic E-state index is -0.738. The zero-order chi connectivity index (χ0) is 18.0. The van der Waals surface area contributed by atoms with Gasteiger partial charge in [0.25, 0.3) is 5.91 Å². The number of amides is 1. The SMILES string of the molecule is C[C@H](NC(=O)COC(=O)c1cc2c(s1)CCC2)c1ccc(F)cc1F. The molecule has 0 saturated heterocycles. The van der Waals surface area contributed by atoms with E-state index in [0.29, 0.717) is 4.88 Å². The third-order valence-corrected chi connectivity index (χ3v) is 5.31. The Bertz CT molecular complexity index is 797. The Morgan fingerprint density at radius 1 is 1.28 bits per heavy atom. The number of aryl methyl sites for hydroxylation is 2. The highest BCUT2D eigenvalue weighted by Crippen LogP contribution is 2.30. The van der Waals surface area contributed by atoms with Gasteiger partial charge in [-0.1, -0.05) is 6.07 Å². The number of hydrogen-bond acceptors (Lipinski definition) is 4. The van der Waals surface area contributed by atoms with Gasteiger partial charge in [0.2, 0.25) is 0 Å². The van der Waals surface area contributed by atoms with E-state index in [-0.39, 0.29) is 5.56 Å². The highest BCUT2D eigenvalue weighted by atomic mass is 32.1. The Morgan fingerprint density at radius 3 is 2.80 bits per heavy atom. The van der Waals surface area contributed by atoms with Crippen molar-refractivity contribution in [3.63, 3.8) is 0 Å². The van der Waals surface area contributed by atoms with Crippen LogP contribution in [0.15, 0.2) is 24.3 Å². The van der Waals surface area contributed by atoms with Crippen LogP contribution in [0.5, 0.6) is 0 Å². The van der Waals surface area contributed by atoms with Gasteiger partial charge in [-0.15, -0.1) is 11.3 Å². The van der Waals surface area contributed by atoms with Gasteiger partial charge < -0.3 is 10.1 Å². The number of halogens is 2. The summed E-state index contributed by atoms with van der Waals surface area (Å²) in [5, 5.41) is 2.53. The Balaban J connectivity index is 1.52. The fraction of sp³-hybridized carbons (Fsp3) is 0.333. The molecule has 3 rings (SSSR count). The molecule has 0 radical (unpaired) electrons. The molecule has 0 saturated carbocycles. The number of fused-ring (bicyclic) bond motifs is 1. The maximum atomic E-state index is 13.7. The Morgan fingerprint density at radius 2 is 2.08 bits per heavy atom. The summed E-state index contributed by atoms with van der Waals surface area (Å²) in [4.78, 5) is 25.6. The van der Waals surface area contributed by atoms with Crippen LogP contribution in [0.1, 0.15) is 45.1 Å². The number of benzene rings is 1. The van der Waals surface area contributed by atoms with E-state index < -0.39 is 36.2 Å². The van der Waals surface area contributed by atoms with Crippen LogP contribution in [-0.4, -0.2) is 18.5 Å². The lowest BCUT2D eigenvalue weighted by Crippen LogP contribution is -2.31. The lowest BCUT2D eigenvalue weighted by Gasteiger charge is -2.15. The van der Waals surface area contributed by atoms with Crippen LogP contribution in [0, 0.1) is 11.6 Å². The summed E-state index contributed by atoms with van der Waals surface area (Å²) in [6, 6.07) is 4.31. The Hall–Kier alpha value is -2.28. The van der Waals surface area contributed by atoms with Crippen LogP contribution >= 0.6 is 11.3 Å². The minimum absolute atomic E-state index is 0.163. The molecule has 4 nitrogen and oxygen atoms in total. The highest BCUT2D eigenvalue weighted by Gasteiger charge is 2.20. The third-order valence-electron chi connectivity index (χ3n) is 4.09. The van der Waals surface area contributed by atoms with E-state index >= 15 is 0 Å². The van der Waals surface area contributed by atoms with Gasteiger partial charge in [-0.3, -0.25) is 4.79 Å². The minimum Gasteiger partial charge on any atom is -0.451 e. The van der Waals surface area contributed by atoms with Crippen LogP contribution < -0.4 is 5.32 Å². The Labute approximate surface area is 147 Å². The molecule has 0 aliphatic heterocycles. The lowest BCUT2D eigenvalue weighted by molar-refractivity contribution is -0.124. The quantitative estimate of drug-likeness (QED) is 0.825. The molecular weight excluding hydrogens is 348 g/mol. The number of thiophene rings is 1. The van der Waals surface area contributed by atoms with Crippen LogP contribution in [-0.2, 0) is 22.4 Å². The summed E-state index contributed by atoms with van der Waals surface area (Å²) in [6.07, 6.45) is 3.06. The second-order valence-electron chi connectivity index (χ2n) is 5.94. The van der Waals surface area contributed by atoms with E-state index in [9.17, 15) is 18.4 Å². The molecule has 132 valence electrons. The zero-order valence-electron chi connectivity index (χ0n) is 13.6. The molecule has 1 aliphatic carbocycles.